The molecule has 0 bridgehead atoms. The number of benzene rings is 1. The summed E-state index contributed by atoms with van der Waals surface area (Å²) in [6, 6.07) is 5.54. The summed E-state index contributed by atoms with van der Waals surface area (Å²) < 4.78 is 6.97. The smallest absolute Gasteiger partial charge is 0.332 e. The van der Waals surface area contributed by atoms with Crippen LogP contribution in [0.4, 0.5) is 0 Å². The largest absolute Gasteiger partial charge is 0.496 e. The molecule has 0 saturated heterocycles. The van der Waals surface area contributed by atoms with Crippen molar-refractivity contribution < 1.29 is 19.4 Å². The molecule has 1 atom stereocenters. The van der Waals surface area contributed by atoms with E-state index < -0.39 is 11.9 Å². The molecule has 102 valence electrons. The molecule has 3 rings (SSSR count). The van der Waals surface area contributed by atoms with Crippen LogP contribution >= 0.6 is 27.3 Å². The Balaban J connectivity index is 1.94. The van der Waals surface area contributed by atoms with Crippen LogP contribution in [-0.4, -0.2) is 24.0 Å². The zero-order valence-electron chi connectivity index (χ0n) is 10.3. The first-order valence-corrected chi connectivity index (χ1v) is 7.38. The number of ether oxygens (including phenoxy) is 1. The molecule has 0 fully saturated rings. The number of methoxy groups -OCH3 is 1. The standard InChI is InChI=1S/C14H9BrO4S/c1-19-10-5-11-6(2-9(10)15)3-12(20-11)13(16)7-4-8(7)14(17)18/h2-5,7H,1H3,(H,17,18)/t7-/m1/s1. The van der Waals surface area contributed by atoms with Gasteiger partial charge in [-0.05, 0) is 39.5 Å². The van der Waals surface area contributed by atoms with Gasteiger partial charge in [0.1, 0.15) is 5.75 Å². The van der Waals surface area contributed by atoms with Gasteiger partial charge in [-0.1, -0.05) is 6.08 Å². The molecule has 6 heteroatoms. The zero-order valence-corrected chi connectivity index (χ0v) is 12.7. The van der Waals surface area contributed by atoms with E-state index in [-0.39, 0.29) is 11.4 Å². The molecule has 0 aliphatic heterocycles. The molecule has 1 aliphatic carbocycles. The van der Waals surface area contributed by atoms with Crippen molar-refractivity contribution in [3.05, 3.63) is 39.2 Å². The SMILES string of the molecule is COc1cc2sc(C(=O)[C@@H]3C=C3C(=O)O)cc2cc1Br. The van der Waals surface area contributed by atoms with Crippen LogP contribution in [0.3, 0.4) is 0 Å². The molecule has 0 radical (unpaired) electrons. The van der Waals surface area contributed by atoms with Gasteiger partial charge in [-0.15, -0.1) is 11.3 Å². The maximum atomic E-state index is 12.2. The number of carbonyl (C=O) groups is 2. The molecule has 0 unspecified atom stereocenters. The third-order valence-electron chi connectivity index (χ3n) is 3.14. The molecular weight excluding hydrogens is 344 g/mol. The number of thiophene rings is 1. The fourth-order valence-electron chi connectivity index (χ4n) is 2.02. The Morgan fingerprint density at radius 1 is 1.35 bits per heavy atom. The van der Waals surface area contributed by atoms with Crippen molar-refractivity contribution in [3.63, 3.8) is 0 Å². The lowest BCUT2D eigenvalue weighted by atomic mass is 10.1. The maximum Gasteiger partial charge on any atom is 0.332 e. The van der Waals surface area contributed by atoms with Gasteiger partial charge in [0, 0.05) is 10.3 Å². The number of carbonyl (C=O) groups excluding carboxylic acids is 1. The number of ketones is 1. The summed E-state index contributed by atoms with van der Waals surface area (Å²) in [4.78, 5) is 23.5. The average Bonchev–Trinajstić information content (AvgIpc) is 3.11. The second-order valence-electron chi connectivity index (χ2n) is 4.40. The summed E-state index contributed by atoms with van der Waals surface area (Å²) in [6.07, 6.45) is 1.48. The van der Waals surface area contributed by atoms with Crippen LogP contribution in [0.5, 0.6) is 5.75 Å². The Bertz CT molecular complexity index is 775. The maximum absolute atomic E-state index is 12.2. The Kier molecular flexibility index (Phi) is 3.14. The van der Waals surface area contributed by atoms with E-state index in [0.29, 0.717) is 10.6 Å². The van der Waals surface area contributed by atoms with Gasteiger partial charge in [0.05, 0.1) is 22.4 Å². The van der Waals surface area contributed by atoms with Crippen LogP contribution in [0.15, 0.2) is 34.3 Å². The van der Waals surface area contributed by atoms with Gasteiger partial charge in [0.25, 0.3) is 0 Å². The van der Waals surface area contributed by atoms with Gasteiger partial charge in [0.2, 0.25) is 0 Å². The molecule has 4 nitrogen and oxygen atoms in total. The summed E-state index contributed by atoms with van der Waals surface area (Å²) in [6.45, 7) is 0. The van der Waals surface area contributed by atoms with Gasteiger partial charge < -0.3 is 9.84 Å². The number of hydrogen-bond acceptors (Lipinski definition) is 4. The van der Waals surface area contributed by atoms with Crippen LogP contribution in [0.2, 0.25) is 0 Å². The highest BCUT2D eigenvalue weighted by atomic mass is 79.9. The highest BCUT2D eigenvalue weighted by molar-refractivity contribution is 9.10. The second kappa shape index (κ2) is 4.71. The summed E-state index contributed by atoms with van der Waals surface area (Å²) in [5.41, 5.74) is 0.186. The fourth-order valence-corrected chi connectivity index (χ4v) is 3.60. The quantitative estimate of drug-likeness (QED) is 0.855. The summed E-state index contributed by atoms with van der Waals surface area (Å²) in [7, 11) is 1.58. The Hall–Kier alpha value is -1.66. The van der Waals surface area contributed by atoms with Gasteiger partial charge in [-0.3, -0.25) is 4.79 Å². The van der Waals surface area contributed by atoms with Crippen molar-refractivity contribution in [1.82, 2.24) is 0 Å². The minimum atomic E-state index is -1.02. The van der Waals surface area contributed by atoms with Crippen LogP contribution in [0.1, 0.15) is 9.67 Å². The highest BCUT2D eigenvalue weighted by Crippen LogP contribution is 2.38. The van der Waals surface area contributed by atoms with Gasteiger partial charge in [0.15, 0.2) is 5.78 Å². The molecule has 1 aromatic heterocycles. The van der Waals surface area contributed by atoms with Gasteiger partial charge >= 0.3 is 5.97 Å². The van der Waals surface area contributed by atoms with Crippen molar-refractivity contribution in [1.29, 1.82) is 0 Å². The van der Waals surface area contributed by atoms with E-state index in [2.05, 4.69) is 15.9 Å². The number of Topliss-reactive ketones (excluding diaryl/α,β-unsaturated/α-hetero) is 1. The van der Waals surface area contributed by atoms with Crippen molar-refractivity contribution in [3.8, 4) is 5.75 Å². The Labute approximate surface area is 126 Å². The van der Waals surface area contributed by atoms with E-state index >= 15 is 0 Å². The number of carboxylic acids is 1. The average molecular weight is 353 g/mol. The number of carboxylic acid groups (broad SMARTS) is 1. The van der Waals surface area contributed by atoms with E-state index in [9.17, 15) is 9.59 Å². The van der Waals surface area contributed by atoms with E-state index in [0.717, 1.165) is 14.6 Å². The minimum absolute atomic E-state index is 0.154. The third-order valence-corrected chi connectivity index (χ3v) is 4.87. The summed E-state index contributed by atoms with van der Waals surface area (Å²) >= 11 is 4.75. The minimum Gasteiger partial charge on any atom is -0.496 e. The van der Waals surface area contributed by atoms with Crippen molar-refractivity contribution in [2.75, 3.05) is 7.11 Å². The number of rotatable bonds is 4. The molecule has 2 aromatic rings. The first-order chi connectivity index (χ1) is 9.51. The zero-order chi connectivity index (χ0) is 14.4. The molecule has 1 aromatic carbocycles. The highest BCUT2D eigenvalue weighted by Gasteiger charge is 2.38. The number of aliphatic carboxylic acids is 1. The summed E-state index contributed by atoms with van der Waals surface area (Å²) in [5, 5.41) is 9.76. The lowest BCUT2D eigenvalue weighted by molar-refractivity contribution is -0.132. The van der Waals surface area contributed by atoms with Crippen LogP contribution in [0, 0.1) is 5.92 Å². The number of allylic oxidation sites excluding steroid dienone is 1. The molecule has 0 spiro atoms. The van der Waals surface area contributed by atoms with E-state index in [1.54, 1.807) is 13.2 Å². The lowest BCUT2D eigenvalue weighted by Gasteiger charge is -2.01. The number of hydrogen-bond donors (Lipinski definition) is 1. The summed E-state index contributed by atoms with van der Waals surface area (Å²) in [5.74, 6) is -1.03. The van der Waals surface area contributed by atoms with Crippen molar-refractivity contribution in [2.45, 2.75) is 0 Å². The third kappa shape index (κ3) is 2.14. The number of halogens is 1. The van der Waals surface area contributed by atoms with Crippen molar-refractivity contribution >= 4 is 49.1 Å². The van der Waals surface area contributed by atoms with Crippen LogP contribution in [-0.2, 0) is 4.79 Å². The topological polar surface area (TPSA) is 63.6 Å². The first kappa shape index (κ1) is 13.3. The molecule has 1 N–H and O–H groups in total. The second-order valence-corrected chi connectivity index (χ2v) is 6.34. The molecule has 1 aliphatic rings. The van der Waals surface area contributed by atoms with Crippen LogP contribution < -0.4 is 4.74 Å². The molecule has 0 saturated carbocycles. The molecular formula is C14H9BrO4S. The van der Waals surface area contributed by atoms with E-state index in [1.807, 2.05) is 12.1 Å². The molecule has 20 heavy (non-hydrogen) atoms. The molecule has 1 heterocycles. The Morgan fingerprint density at radius 2 is 2.10 bits per heavy atom. The number of fused-ring (bicyclic) bond motifs is 1. The van der Waals surface area contributed by atoms with E-state index in [4.69, 9.17) is 9.84 Å². The van der Waals surface area contributed by atoms with Gasteiger partial charge in [-0.2, -0.15) is 0 Å². The predicted octanol–water partition coefficient (Wildman–Crippen LogP) is 3.50. The first-order valence-electron chi connectivity index (χ1n) is 5.77. The fraction of sp³-hybridized carbons (Fsp3) is 0.143. The monoisotopic (exact) mass is 352 g/mol. The van der Waals surface area contributed by atoms with Crippen molar-refractivity contribution in [2.24, 2.45) is 5.92 Å². The molecule has 0 amide bonds. The van der Waals surface area contributed by atoms with Crippen LogP contribution in [0.25, 0.3) is 10.1 Å². The Morgan fingerprint density at radius 3 is 2.70 bits per heavy atom. The predicted molar refractivity (Wildman–Crippen MR) is 79.6 cm³/mol. The van der Waals surface area contributed by atoms with E-state index in [1.165, 1.54) is 17.4 Å². The van der Waals surface area contributed by atoms with Gasteiger partial charge in [-0.25, -0.2) is 4.79 Å². The normalized spacial score (nSPS) is 16.9. The lowest BCUT2D eigenvalue weighted by Crippen LogP contribution is -2.05.